The highest BCUT2D eigenvalue weighted by molar-refractivity contribution is 6.04. The van der Waals surface area contributed by atoms with Crippen LogP contribution in [0.25, 0.3) is 38.9 Å². The van der Waals surface area contributed by atoms with Gasteiger partial charge in [0.2, 0.25) is 11.5 Å². The summed E-state index contributed by atoms with van der Waals surface area (Å²) < 4.78 is 8.62. The van der Waals surface area contributed by atoms with Gasteiger partial charge in [-0.1, -0.05) is 42.5 Å². The zero-order valence-corrected chi connectivity index (χ0v) is 19.1. The molecule has 0 unspecified atom stereocenters. The molecule has 0 atom stereocenters. The third kappa shape index (κ3) is 3.43. The van der Waals surface area contributed by atoms with E-state index >= 15 is 0 Å². The molecule has 0 amide bonds. The normalized spacial score (nSPS) is 11.7. The molecule has 35 heavy (non-hydrogen) atoms. The van der Waals surface area contributed by atoms with Gasteiger partial charge in [0.15, 0.2) is 5.39 Å². The smallest absolute Gasteiger partial charge is 0.327 e. The molecule has 0 fully saturated rings. The highest BCUT2D eigenvalue weighted by Gasteiger charge is 2.26. The lowest BCUT2D eigenvalue weighted by Gasteiger charge is -2.04. The molecule has 0 bridgehead atoms. The fourth-order valence-electron chi connectivity index (χ4n) is 4.29. The molecule has 0 aliphatic heterocycles. The predicted molar refractivity (Wildman–Crippen MR) is 135 cm³/mol. The average Bonchev–Trinajstić information content (AvgIpc) is 3.19. The summed E-state index contributed by atoms with van der Waals surface area (Å²) in [5.74, 6) is 1.40. The lowest BCUT2D eigenvalue weighted by atomic mass is 10.2. The topological polar surface area (TPSA) is 88.4 Å². The molecule has 6 aromatic rings. The summed E-state index contributed by atoms with van der Waals surface area (Å²) in [5.41, 5.74) is 4.38. The molecule has 0 radical (unpaired) electrons. The fourth-order valence-corrected chi connectivity index (χ4v) is 4.29. The molecule has 8 nitrogen and oxygen atoms in total. The number of fused-ring (bicyclic) bond motifs is 4. The van der Waals surface area contributed by atoms with Crippen LogP contribution in [0.4, 0.5) is 0 Å². The SMILES string of the molecule is COc1cccc(/C=N/n2c3nc4ccccc4nc3c3c(=O)n(-c4ccccc4)c(C)[nH+]c32)c1. The van der Waals surface area contributed by atoms with Gasteiger partial charge in [-0.2, -0.15) is 4.57 Å². The summed E-state index contributed by atoms with van der Waals surface area (Å²) in [6.07, 6.45) is 1.71. The van der Waals surface area contributed by atoms with Gasteiger partial charge in [-0.05, 0) is 42.0 Å². The number of aromatic nitrogens is 5. The van der Waals surface area contributed by atoms with Crippen LogP contribution in [0.3, 0.4) is 0 Å². The van der Waals surface area contributed by atoms with Crippen LogP contribution in [0.1, 0.15) is 11.4 Å². The van der Waals surface area contributed by atoms with Crippen LogP contribution < -0.4 is 15.3 Å². The number of rotatable bonds is 4. The van der Waals surface area contributed by atoms with E-state index in [4.69, 9.17) is 19.8 Å². The van der Waals surface area contributed by atoms with Crippen molar-refractivity contribution < 1.29 is 9.72 Å². The van der Waals surface area contributed by atoms with Gasteiger partial charge in [-0.15, -0.1) is 9.78 Å². The van der Waals surface area contributed by atoms with Crippen LogP contribution in [0.5, 0.6) is 5.75 Å². The van der Waals surface area contributed by atoms with Crippen molar-refractivity contribution in [3.63, 3.8) is 0 Å². The maximum Gasteiger partial charge on any atom is 0.327 e. The molecule has 3 aromatic carbocycles. The molecular formula is C27H21N6O2+. The highest BCUT2D eigenvalue weighted by atomic mass is 16.5. The van der Waals surface area contributed by atoms with Gasteiger partial charge in [-0.25, -0.2) is 19.7 Å². The predicted octanol–water partition coefficient (Wildman–Crippen LogP) is 3.90. The summed E-state index contributed by atoms with van der Waals surface area (Å²) in [5, 5.41) is 5.14. The highest BCUT2D eigenvalue weighted by Crippen LogP contribution is 2.25. The molecule has 6 rings (SSSR count). The summed E-state index contributed by atoms with van der Waals surface area (Å²) in [6, 6.07) is 24.7. The first-order valence-corrected chi connectivity index (χ1v) is 11.1. The number of H-pyrrole nitrogens is 1. The largest absolute Gasteiger partial charge is 0.497 e. The van der Waals surface area contributed by atoms with Crippen LogP contribution in [-0.4, -0.2) is 32.5 Å². The van der Waals surface area contributed by atoms with E-state index in [9.17, 15) is 4.79 Å². The van der Waals surface area contributed by atoms with E-state index in [1.165, 1.54) is 0 Å². The third-order valence-electron chi connectivity index (χ3n) is 5.92. The van der Waals surface area contributed by atoms with Crippen molar-refractivity contribution in [3.8, 4) is 11.4 Å². The summed E-state index contributed by atoms with van der Waals surface area (Å²) in [4.78, 5) is 26.9. The van der Waals surface area contributed by atoms with E-state index in [1.807, 2.05) is 85.8 Å². The number of para-hydroxylation sites is 3. The van der Waals surface area contributed by atoms with Crippen molar-refractivity contribution in [3.05, 3.63) is 101 Å². The molecule has 3 aromatic heterocycles. The molecular weight excluding hydrogens is 440 g/mol. The van der Waals surface area contributed by atoms with Crippen LogP contribution in [0.15, 0.2) is 88.8 Å². The number of nitrogens with zero attached hydrogens (tertiary/aromatic N) is 5. The number of hydrogen-bond donors (Lipinski definition) is 0. The van der Waals surface area contributed by atoms with Crippen LogP contribution in [0, 0.1) is 6.92 Å². The van der Waals surface area contributed by atoms with Crippen molar-refractivity contribution in [1.29, 1.82) is 0 Å². The molecule has 0 spiro atoms. The number of aromatic amines is 1. The Morgan fingerprint density at radius 3 is 2.46 bits per heavy atom. The van der Waals surface area contributed by atoms with Crippen molar-refractivity contribution >= 4 is 39.4 Å². The minimum atomic E-state index is -0.188. The quantitative estimate of drug-likeness (QED) is 0.373. The van der Waals surface area contributed by atoms with Gasteiger partial charge in [-0.3, -0.25) is 0 Å². The molecule has 1 N–H and O–H groups in total. The van der Waals surface area contributed by atoms with Crippen LogP contribution in [0.2, 0.25) is 0 Å². The van der Waals surface area contributed by atoms with E-state index < -0.39 is 0 Å². The second-order valence-corrected chi connectivity index (χ2v) is 8.13. The first-order valence-electron chi connectivity index (χ1n) is 11.1. The van der Waals surface area contributed by atoms with E-state index in [0.717, 1.165) is 22.5 Å². The van der Waals surface area contributed by atoms with Crippen molar-refractivity contribution in [2.45, 2.75) is 6.92 Å². The molecule has 0 saturated carbocycles. The Kier molecular flexibility index (Phi) is 4.84. The number of aryl methyl sites for hydroxylation is 1. The molecule has 0 saturated heterocycles. The molecule has 8 heteroatoms. The first kappa shape index (κ1) is 20.7. The van der Waals surface area contributed by atoms with Crippen LogP contribution in [-0.2, 0) is 0 Å². The lowest BCUT2D eigenvalue weighted by Crippen LogP contribution is -2.30. The van der Waals surface area contributed by atoms with Crippen molar-refractivity contribution in [2.75, 3.05) is 7.11 Å². The van der Waals surface area contributed by atoms with Gasteiger partial charge in [0, 0.05) is 6.92 Å². The lowest BCUT2D eigenvalue weighted by molar-refractivity contribution is -0.366. The van der Waals surface area contributed by atoms with Gasteiger partial charge < -0.3 is 4.74 Å². The Morgan fingerprint density at radius 2 is 1.69 bits per heavy atom. The standard InChI is InChI=1S/C27H20N6O2/c1-17-29-25-23(27(34)32(17)19-10-4-3-5-11-19)24-26(31-22-14-7-6-13-21(22)30-24)33(25)28-16-18-9-8-12-20(15-18)35-2/h3-16H,1-2H3/p+1/b28-16+. The van der Waals surface area contributed by atoms with E-state index in [-0.39, 0.29) is 5.56 Å². The molecule has 170 valence electrons. The minimum absolute atomic E-state index is 0.188. The average molecular weight is 462 g/mol. The Balaban J connectivity index is 1.69. The summed E-state index contributed by atoms with van der Waals surface area (Å²) >= 11 is 0. The number of methoxy groups -OCH3 is 1. The maximum atomic E-state index is 13.9. The molecule has 0 aliphatic carbocycles. The van der Waals surface area contributed by atoms with E-state index in [1.54, 1.807) is 22.6 Å². The minimum Gasteiger partial charge on any atom is -0.497 e. The zero-order valence-electron chi connectivity index (χ0n) is 19.1. The molecule has 3 heterocycles. The van der Waals surface area contributed by atoms with Crippen LogP contribution >= 0.6 is 0 Å². The van der Waals surface area contributed by atoms with Gasteiger partial charge in [0.1, 0.15) is 17.0 Å². The Hall–Kier alpha value is -4.85. The molecule has 0 aliphatic rings. The van der Waals surface area contributed by atoms with Gasteiger partial charge in [0.05, 0.1) is 24.4 Å². The Bertz CT molecular complexity index is 1820. The Labute approximate surface area is 199 Å². The Morgan fingerprint density at radius 1 is 0.943 bits per heavy atom. The number of nitrogens with one attached hydrogen (secondary N) is 1. The van der Waals surface area contributed by atoms with Gasteiger partial charge >= 0.3 is 5.56 Å². The van der Waals surface area contributed by atoms with E-state index in [0.29, 0.717) is 33.5 Å². The maximum absolute atomic E-state index is 13.9. The summed E-state index contributed by atoms with van der Waals surface area (Å²) in [7, 11) is 1.62. The number of benzene rings is 3. The monoisotopic (exact) mass is 461 g/mol. The van der Waals surface area contributed by atoms with Gasteiger partial charge in [0.25, 0.3) is 5.65 Å². The summed E-state index contributed by atoms with van der Waals surface area (Å²) in [6.45, 7) is 1.86. The van der Waals surface area contributed by atoms with Crippen molar-refractivity contribution in [2.24, 2.45) is 5.10 Å². The number of ether oxygens (including phenoxy) is 1. The third-order valence-corrected chi connectivity index (χ3v) is 5.92. The van der Waals surface area contributed by atoms with E-state index in [2.05, 4.69) is 4.98 Å². The second-order valence-electron chi connectivity index (χ2n) is 8.13. The zero-order chi connectivity index (χ0) is 23.9. The number of hydrogen-bond acceptors (Lipinski definition) is 5. The second kappa shape index (κ2) is 8.18. The van der Waals surface area contributed by atoms with Crippen molar-refractivity contribution in [1.82, 2.24) is 19.2 Å². The first-order chi connectivity index (χ1) is 17.1. The fraction of sp³-hybridized carbons (Fsp3) is 0.0741.